The fraction of sp³-hybridized carbons (Fsp3) is 0.500. The van der Waals surface area contributed by atoms with Crippen LogP contribution in [0.1, 0.15) is 19.4 Å². The van der Waals surface area contributed by atoms with Crippen molar-refractivity contribution in [2.45, 2.75) is 26.8 Å². The van der Waals surface area contributed by atoms with Gasteiger partial charge in [-0.3, -0.25) is 4.90 Å². The Kier molecular flexibility index (Phi) is 6.42. The van der Waals surface area contributed by atoms with Crippen LogP contribution in [-0.4, -0.2) is 29.3 Å². The van der Waals surface area contributed by atoms with Crippen molar-refractivity contribution < 1.29 is 17.9 Å². The maximum Gasteiger partial charge on any atom is 0.573 e. The lowest BCUT2D eigenvalue weighted by molar-refractivity contribution is -0.274. The van der Waals surface area contributed by atoms with Gasteiger partial charge in [-0.1, -0.05) is 38.2 Å². The van der Waals surface area contributed by atoms with Crippen LogP contribution in [0.25, 0.3) is 0 Å². The topological polar surface area (TPSA) is 38.5 Å². The molecule has 1 aromatic carbocycles. The van der Waals surface area contributed by atoms with Crippen molar-refractivity contribution in [1.82, 2.24) is 4.90 Å². The summed E-state index contributed by atoms with van der Waals surface area (Å²) in [5, 5.41) is 0. The highest BCUT2D eigenvalue weighted by molar-refractivity contribution is 7.80. The predicted molar refractivity (Wildman–Crippen MR) is 80.0 cm³/mol. The molecular weight excluding hydrogens is 301 g/mol. The van der Waals surface area contributed by atoms with Gasteiger partial charge in [-0.05, 0) is 24.2 Å². The van der Waals surface area contributed by atoms with E-state index in [0.29, 0.717) is 18.1 Å². The molecule has 1 rings (SSSR count). The SMILES string of the molecule is CCN(Cc1ccc(OC(F)(F)F)cc1)CC(C)C(N)=S. The molecule has 2 N–H and O–H groups in total. The molecule has 0 aromatic heterocycles. The summed E-state index contributed by atoms with van der Waals surface area (Å²) < 4.78 is 40.1. The molecule has 1 atom stereocenters. The van der Waals surface area contributed by atoms with Crippen LogP contribution in [0.2, 0.25) is 0 Å². The number of hydrogen-bond acceptors (Lipinski definition) is 3. The van der Waals surface area contributed by atoms with Gasteiger partial charge in [0.25, 0.3) is 0 Å². The molecular formula is C14H19F3N2OS. The van der Waals surface area contributed by atoms with E-state index >= 15 is 0 Å². The van der Waals surface area contributed by atoms with Crippen LogP contribution >= 0.6 is 12.2 Å². The lowest BCUT2D eigenvalue weighted by Crippen LogP contribution is -2.33. The molecule has 3 nitrogen and oxygen atoms in total. The molecule has 0 amide bonds. The minimum atomic E-state index is -4.66. The molecule has 0 radical (unpaired) electrons. The molecule has 0 saturated heterocycles. The zero-order chi connectivity index (χ0) is 16.0. The molecule has 1 unspecified atom stereocenters. The zero-order valence-corrected chi connectivity index (χ0v) is 12.8. The molecule has 21 heavy (non-hydrogen) atoms. The fourth-order valence-corrected chi connectivity index (χ4v) is 1.91. The number of thiocarbonyl (C=S) groups is 1. The Labute approximate surface area is 127 Å². The van der Waals surface area contributed by atoms with Crippen molar-refractivity contribution >= 4 is 17.2 Å². The Balaban J connectivity index is 2.63. The first-order valence-corrected chi connectivity index (χ1v) is 6.98. The number of nitrogens with zero attached hydrogens (tertiary/aromatic N) is 1. The largest absolute Gasteiger partial charge is 0.573 e. The fourth-order valence-electron chi connectivity index (χ4n) is 1.84. The average molecular weight is 320 g/mol. The molecule has 0 aliphatic heterocycles. The normalized spacial score (nSPS) is 13.2. The lowest BCUT2D eigenvalue weighted by Gasteiger charge is -2.24. The highest BCUT2D eigenvalue weighted by Crippen LogP contribution is 2.23. The number of halogens is 3. The van der Waals surface area contributed by atoms with Gasteiger partial charge in [0.2, 0.25) is 0 Å². The highest BCUT2D eigenvalue weighted by atomic mass is 32.1. The average Bonchev–Trinajstić information content (AvgIpc) is 2.38. The number of benzene rings is 1. The highest BCUT2D eigenvalue weighted by Gasteiger charge is 2.30. The van der Waals surface area contributed by atoms with E-state index in [1.165, 1.54) is 12.1 Å². The van der Waals surface area contributed by atoms with Crippen molar-refractivity contribution in [2.75, 3.05) is 13.1 Å². The van der Waals surface area contributed by atoms with Crippen LogP contribution in [-0.2, 0) is 6.54 Å². The quantitative estimate of drug-likeness (QED) is 0.782. The summed E-state index contributed by atoms with van der Waals surface area (Å²) in [4.78, 5) is 2.59. The van der Waals surface area contributed by atoms with Gasteiger partial charge in [0.1, 0.15) is 5.75 Å². The molecule has 0 aliphatic carbocycles. The summed E-state index contributed by atoms with van der Waals surface area (Å²) in [6.45, 7) is 6.09. The Morgan fingerprint density at radius 3 is 2.33 bits per heavy atom. The summed E-state index contributed by atoms with van der Waals surface area (Å²) in [7, 11) is 0. The van der Waals surface area contributed by atoms with Gasteiger partial charge in [-0.2, -0.15) is 0 Å². The van der Waals surface area contributed by atoms with Gasteiger partial charge in [0.05, 0.1) is 4.99 Å². The van der Waals surface area contributed by atoms with Gasteiger partial charge < -0.3 is 10.5 Å². The van der Waals surface area contributed by atoms with E-state index in [4.69, 9.17) is 18.0 Å². The number of alkyl halides is 3. The minimum absolute atomic E-state index is 0.0905. The van der Waals surface area contributed by atoms with Gasteiger partial charge in [-0.25, -0.2) is 0 Å². The maximum absolute atomic E-state index is 12.1. The van der Waals surface area contributed by atoms with E-state index in [-0.39, 0.29) is 11.7 Å². The molecule has 0 fully saturated rings. The second-order valence-electron chi connectivity index (χ2n) is 4.82. The maximum atomic E-state index is 12.1. The minimum Gasteiger partial charge on any atom is -0.406 e. The van der Waals surface area contributed by atoms with Crippen LogP contribution in [0, 0.1) is 5.92 Å². The van der Waals surface area contributed by atoms with Crippen molar-refractivity contribution in [2.24, 2.45) is 11.7 Å². The van der Waals surface area contributed by atoms with Crippen molar-refractivity contribution in [3.8, 4) is 5.75 Å². The van der Waals surface area contributed by atoms with Crippen LogP contribution in [0.5, 0.6) is 5.75 Å². The molecule has 0 bridgehead atoms. The third kappa shape index (κ3) is 6.77. The first-order valence-electron chi connectivity index (χ1n) is 6.57. The van der Waals surface area contributed by atoms with Crippen LogP contribution in [0.3, 0.4) is 0 Å². The van der Waals surface area contributed by atoms with E-state index in [1.807, 2.05) is 13.8 Å². The van der Waals surface area contributed by atoms with E-state index < -0.39 is 6.36 Å². The number of hydrogen-bond donors (Lipinski definition) is 1. The monoisotopic (exact) mass is 320 g/mol. The molecule has 118 valence electrons. The lowest BCUT2D eigenvalue weighted by atomic mass is 10.1. The number of ether oxygens (including phenoxy) is 1. The van der Waals surface area contributed by atoms with Crippen molar-refractivity contribution in [3.63, 3.8) is 0 Å². The summed E-state index contributed by atoms with van der Waals surface area (Å²) >= 11 is 4.94. The molecule has 0 saturated carbocycles. The Morgan fingerprint density at radius 2 is 1.90 bits per heavy atom. The second kappa shape index (κ2) is 7.61. The van der Waals surface area contributed by atoms with Gasteiger partial charge in [0, 0.05) is 19.0 Å². The first kappa shape index (κ1) is 17.7. The van der Waals surface area contributed by atoms with Crippen molar-refractivity contribution in [3.05, 3.63) is 29.8 Å². The van der Waals surface area contributed by atoms with Crippen LogP contribution < -0.4 is 10.5 Å². The predicted octanol–water partition coefficient (Wildman–Crippen LogP) is 3.33. The summed E-state index contributed by atoms with van der Waals surface area (Å²) in [6, 6.07) is 5.87. The van der Waals surface area contributed by atoms with Crippen LogP contribution in [0.15, 0.2) is 24.3 Å². The Bertz CT molecular complexity index is 462. The summed E-state index contributed by atoms with van der Waals surface area (Å²) in [6.07, 6.45) is -4.66. The second-order valence-corrected chi connectivity index (χ2v) is 5.29. The van der Waals surface area contributed by atoms with Crippen LogP contribution in [0.4, 0.5) is 13.2 Å². The van der Waals surface area contributed by atoms with Gasteiger partial charge in [0.15, 0.2) is 0 Å². The van der Waals surface area contributed by atoms with E-state index in [9.17, 15) is 13.2 Å². The first-order chi connectivity index (χ1) is 9.71. The Hall–Kier alpha value is -1.34. The number of nitrogens with two attached hydrogens (primary N) is 1. The van der Waals surface area contributed by atoms with Gasteiger partial charge >= 0.3 is 6.36 Å². The third-order valence-electron chi connectivity index (χ3n) is 3.03. The summed E-state index contributed by atoms with van der Waals surface area (Å²) in [5.74, 6) is -0.126. The molecule has 0 heterocycles. The Morgan fingerprint density at radius 1 is 1.33 bits per heavy atom. The van der Waals surface area contributed by atoms with Crippen molar-refractivity contribution in [1.29, 1.82) is 0 Å². The smallest absolute Gasteiger partial charge is 0.406 e. The summed E-state index contributed by atoms with van der Waals surface area (Å²) in [5.41, 5.74) is 6.50. The standard InChI is InChI=1S/C14H19F3N2OS/c1-3-19(8-10(2)13(18)21)9-11-4-6-12(7-5-11)20-14(15,16)17/h4-7,10H,3,8-9H2,1-2H3,(H2,18,21). The number of rotatable bonds is 7. The third-order valence-corrected chi connectivity index (χ3v) is 3.43. The van der Waals surface area contributed by atoms with E-state index in [0.717, 1.165) is 12.1 Å². The van der Waals surface area contributed by atoms with E-state index in [2.05, 4.69) is 9.64 Å². The zero-order valence-electron chi connectivity index (χ0n) is 12.0. The molecule has 0 spiro atoms. The molecule has 7 heteroatoms. The molecule has 1 aromatic rings. The van der Waals surface area contributed by atoms with E-state index in [1.54, 1.807) is 12.1 Å². The van der Waals surface area contributed by atoms with Gasteiger partial charge in [-0.15, -0.1) is 13.2 Å². The molecule has 0 aliphatic rings.